The minimum atomic E-state index is -3.88. The second-order valence-electron chi connectivity index (χ2n) is 6.75. The fourth-order valence-corrected chi connectivity index (χ4v) is 4.80. The Morgan fingerprint density at radius 3 is 2.52 bits per heavy atom. The van der Waals surface area contributed by atoms with E-state index in [0.29, 0.717) is 12.8 Å². The number of hydrogen-bond donors (Lipinski definition) is 1. The predicted octanol–water partition coefficient (Wildman–Crippen LogP) is 2.75. The number of carbonyl (C=O) groups is 1. The average Bonchev–Trinajstić information content (AvgIpc) is 2.73. The maximum absolute atomic E-state index is 13.9. The van der Waals surface area contributed by atoms with Gasteiger partial charge in [-0.05, 0) is 43.2 Å². The molecule has 6 nitrogen and oxygen atoms in total. The predicted molar refractivity (Wildman–Crippen MR) is 101 cm³/mol. The molecule has 1 heterocycles. The largest absolute Gasteiger partial charge is 0.336 e. The van der Waals surface area contributed by atoms with Crippen LogP contribution in [0.15, 0.2) is 53.4 Å². The molecule has 2 unspecified atom stereocenters. The van der Waals surface area contributed by atoms with Crippen molar-refractivity contribution >= 4 is 15.9 Å². The molecule has 1 aliphatic heterocycles. The number of amides is 1. The van der Waals surface area contributed by atoms with Crippen LogP contribution >= 0.6 is 0 Å². The summed E-state index contributed by atoms with van der Waals surface area (Å²) in [6.07, 6.45) is 0.895. The monoisotopic (exact) mass is 419 g/mol. The Morgan fingerprint density at radius 1 is 1.17 bits per heavy atom. The minimum Gasteiger partial charge on any atom is -0.336 e. The van der Waals surface area contributed by atoms with E-state index in [-0.39, 0.29) is 23.5 Å². The summed E-state index contributed by atoms with van der Waals surface area (Å²) in [5, 5.41) is 11.8. The van der Waals surface area contributed by atoms with Gasteiger partial charge >= 0.3 is 0 Å². The van der Waals surface area contributed by atoms with Crippen molar-refractivity contribution in [1.29, 1.82) is 5.26 Å². The Kier molecular flexibility index (Phi) is 6.25. The molecule has 2 aromatic carbocycles. The van der Waals surface area contributed by atoms with Crippen molar-refractivity contribution < 1.29 is 22.0 Å². The highest BCUT2D eigenvalue weighted by molar-refractivity contribution is 7.89. The van der Waals surface area contributed by atoms with E-state index in [1.54, 1.807) is 6.07 Å². The van der Waals surface area contributed by atoms with E-state index in [1.807, 2.05) is 6.07 Å². The van der Waals surface area contributed by atoms with Crippen molar-refractivity contribution in [2.24, 2.45) is 5.92 Å². The standard InChI is InChI=1S/C20H19F2N3O3S/c21-15-7-9-16(10-8-15)29(27,28)25-11-3-4-14(13-25)20(26)24-19(12-23)17-5-1-2-6-18(17)22/h1-2,5-10,14,19H,3-4,11,13H2,(H,24,26). The number of piperidine rings is 1. The molecule has 0 radical (unpaired) electrons. The highest BCUT2D eigenvalue weighted by atomic mass is 32.2. The Morgan fingerprint density at radius 2 is 1.86 bits per heavy atom. The Bertz CT molecular complexity index is 1040. The molecule has 0 spiro atoms. The van der Waals surface area contributed by atoms with Gasteiger partial charge in [0.2, 0.25) is 15.9 Å². The van der Waals surface area contributed by atoms with Crippen molar-refractivity contribution in [3.63, 3.8) is 0 Å². The molecule has 9 heteroatoms. The van der Waals surface area contributed by atoms with E-state index in [1.165, 1.54) is 34.6 Å². The van der Waals surface area contributed by atoms with Gasteiger partial charge in [-0.1, -0.05) is 18.2 Å². The Labute approximate surface area is 167 Å². The van der Waals surface area contributed by atoms with Gasteiger partial charge < -0.3 is 5.32 Å². The summed E-state index contributed by atoms with van der Waals surface area (Å²) in [6.45, 7) is 0.166. The van der Waals surface area contributed by atoms with Gasteiger partial charge in [0.1, 0.15) is 17.7 Å². The summed E-state index contributed by atoms with van der Waals surface area (Å²) in [7, 11) is -3.88. The van der Waals surface area contributed by atoms with E-state index < -0.39 is 39.5 Å². The summed E-state index contributed by atoms with van der Waals surface area (Å²) in [5.41, 5.74) is 0.0509. The van der Waals surface area contributed by atoms with Crippen molar-refractivity contribution in [3.05, 3.63) is 65.7 Å². The molecule has 29 heavy (non-hydrogen) atoms. The molecule has 3 rings (SSSR count). The lowest BCUT2D eigenvalue weighted by atomic mass is 9.97. The fourth-order valence-electron chi connectivity index (χ4n) is 3.28. The van der Waals surface area contributed by atoms with E-state index >= 15 is 0 Å². The molecule has 0 aromatic heterocycles. The third kappa shape index (κ3) is 4.60. The van der Waals surface area contributed by atoms with Crippen LogP contribution in [0.25, 0.3) is 0 Å². The molecule has 152 valence electrons. The van der Waals surface area contributed by atoms with Crippen LogP contribution in [0.1, 0.15) is 24.4 Å². The zero-order valence-electron chi connectivity index (χ0n) is 15.4. The van der Waals surface area contributed by atoms with Gasteiger partial charge in [-0.3, -0.25) is 4.79 Å². The van der Waals surface area contributed by atoms with Crippen molar-refractivity contribution in [2.45, 2.75) is 23.8 Å². The zero-order chi connectivity index (χ0) is 21.0. The molecule has 1 N–H and O–H groups in total. The number of sulfonamides is 1. The van der Waals surface area contributed by atoms with Gasteiger partial charge in [-0.25, -0.2) is 17.2 Å². The van der Waals surface area contributed by atoms with Crippen molar-refractivity contribution in [1.82, 2.24) is 9.62 Å². The van der Waals surface area contributed by atoms with Crippen LogP contribution in [-0.2, 0) is 14.8 Å². The highest BCUT2D eigenvalue weighted by Gasteiger charge is 2.34. The summed E-state index contributed by atoms with van der Waals surface area (Å²) in [5.74, 6) is -2.35. The quantitative estimate of drug-likeness (QED) is 0.807. The van der Waals surface area contributed by atoms with Gasteiger partial charge in [-0.15, -0.1) is 0 Å². The Balaban J connectivity index is 1.73. The first-order chi connectivity index (χ1) is 13.8. The van der Waals surface area contributed by atoms with Crippen LogP contribution in [0, 0.1) is 28.9 Å². The fraction of sp³-hybridized carbons (Fsp3) is 0.300. The molecule has 1 aliphatic rings. The molecule has 2 aromatic rings. The maximum Gasteiger partial charge on any atom is 0.243 e. The van der Waals surface area contributed by atoms with Crippen molar-refractivity contribution in [2.75, 3.05) is 13.1 Å². The van der Waals surface area contributed by atoms with Crippen LogP contribution in [0.3, 0.4) is 0 Å². The molecular weight excluding hydrogens is 400 g/mol. The SMILES string of the molecule is N#CC(NC(=O)C1CCCN(S(=O)(=O)c2ccc(F)cc2)C1)c1ccccc1F. The van der Waals surface area contributed by atoms with E-state index in [0.717, 1.165) is 12.1 Å². The van der Waals surface area contributed by atoms with Crippen LogP contribution in [0.5, 0.6) is 0 Å². The molecule has 1 fully saturated rings. The second-order valence-corrected chi connectivity index (χ2v) is 8.69. The second kappa shape index (κ2) is 8.68. The van der Waals surface area contributed by atoms with Crippen LogP contribution < -0.4 is 5.32 Å². The zero-order valence-corrected chi connectivity index (χ0v) is 16.2. The number of nitriles is 1. The molecule has 0 aliphatic carbocycles. The normalized spacial score (nSPS) is 18.6. The number of hydrogen-bond acceptors (Lipinski definition) is 4. The third-order valence-corrected chi connectivity index (χ3v) is 6.72. The lowest BCUT2D eigenvalue weighted by Crippen LogP contribution is -2.46. The summed E-state index contributed by atoms with van der Waals surface area (Å²) in [4.78, 5) is 12.6. The van der Waals surface area contributed by atoms with Crippen LogP contribution in [0.4, 0.5) is 8.78 Å². The molecular formula is C20H19F2N3O3S. The number of benzene rings is 2. The minimum absolute atomic E-state index is 0.0509. The van der Waals surface area contributed by atoms with Gasteiger partial charge in [0.15, 0.2) is 0 Å². The lowest BCUT2D eigenvalue weighted by Gasteiger charge is -2.31. The highest BCUT2D eigenvalue weighted by Crippen LogP contribution is 2.25. The summed E-state index contributed by atoms with van der Waals surface area (Å²) >= 11 is 0. The molecule has 0 bridgehead atoms. The van der Waals surface area contributed by atoms with Gasteiger partial charge in [0.05, 0.1) is 16.9 Å². The number of nitrogens with one attached hydrogen (secondary N) is 1. The average molecular weight is 419 g/mol. The number of carbonyl (C=O) groups excluding carboxylic acids is 1. The van der Waals surface area contributed by atoms with Crippen molar-refractivity contribution in [3.8, 4) is 6.07 Å². The molecule has 2 atom stereocenters. The summed E-state index contributed by atoms with van der Waals surface area (Å²) in [6, 6.07) is 10.8. The van der Waals surface area contributed by atoms with Crippen LogP contribution in [-0.4, -0.2) is 31.7 Å². The first-order valence-corrected chi connectivity index (χ1v) is 10.5. The first kappa shape index (κ1) is 20.9. The van der Waals surface area contributed by atoms with E-state index in [2.05, 4.69) is 5.32 Å². The van der Waals surface area contributed by atoms with Gasteiger partial charge in [0, 0.05) is 18.7 Å². The van der Waals surface area contributed by atoms with Gasteiger partial charge in [0.25, 0.3) is 0 Å². The number of halogens is 2. The van der Waals surface area contributed by atoms with E-state index in [9.17, 15) is 27.3 Å². The molecule has 1 saturated heterocycles. The molecule has 0 saturated carbocycles. The smallest absolute Gasteiger partial charge is 0.243 e. The Hall–Kier alpha value is -2.83. The number of nitrogens with zero attached hydrogens (tertiary/aromatic N) is 2. The van der Waals surface area contributed by atoms with E-state index in [4.69, 9.17) is 0 Å². The maximum atomic E-state index is 13.9. The third-order valence-electron chi connectivity index (χ3n) is 4.84. The molecule has 1 amide bonds. The topological polar surface area (TPSA) is 90.3 Å². The first-order valence-electron chi connectivity index (χ1n) is 9.03. The van der Waals surface area contributed by atoms with Gasteiger partial charge in [-0.2, -0.15) is 9.57 Å². The summed E-state index contributed by atoms with van der Waals surface area (Å²) < 4.78 is 53.8. The number of rotatable bonds is 5. The van der Waals surface area contributed by atoms with Crippen LogP contribution in [0.2, 0.25) is 0 Å². The lowest BCUT2D eigenvalue weighted by molar-refractivity contribution is -0.126.